The van der Waals surface area contributed by atoms with Gasteiger partial charge in [0.15, 0.2) is 0 Å². The number of ether oxygens (including phenoxy) is 5. The molecule has 0 aromatic heterocycles. The zero-order valence-electron chi connectivity index (χ0n) is 19.3. The molecular formula is C23H26N2O9. The molecule has 0 radical (unpaired) electrons. The number of methoxy groups -OCH3 is 2. The van der Waals surface area contributed by atoms with Crippen molar-refractivity contribution in [2.75, 3.05) is 45.5 Å². The van der Waals surface area contributed by atoms with Crippen molar-refractivity contribution in [1.29, 1.82) is 0 Å². The first kappa shape index (κ1) is 24.8. The zero-order valence-corrected chi connectivity index (χ0v) is 19.3. The molecule has 0 aliphatic carbocycles. The molecule has 1 spiro atoms. The van der Waals surface area contributed by atoms with Crippen molar-refractivity contribution in [3.05, 3.63) is 52.6 Å². The Morgan fingerprint density at radius 3 is 2.38 bits per heavy atom. The highest BCUT2D eigenvalue weighted by molar-refractivity contribution is 6.23. The lowest BCUT2D eigenvalue weighted by Crippen LogP contribution is -2.51. The molecule has 1 aromatic carbocycles. The van der Waals surface area contributed by atoms with Gasteiger partial charge in [-0.25, -0.2) is 9.59 Å². The largest absolute Gasteiger partial charge is 0.468 e. The van der Waals surface area contributed by atoms with Crippen molar-refractivity contribution < 1.29 is 42.9 Å². The molecule has 34 heavy (non-hydrogen) atoms. The summed E-state index contributed by atoms with van der Waals surface area (Å²) in [6.07, 6.45) is 0. The van der Waals surface area contributed by atoms with E-state index in [0.29, 0.717) is 5.69 Å². The van der Waals surface area contributed by atoms with Crippen LogP contribution < -0.4 is 10.6 Å². The molecule has 1 unspecified atom stereocenters. The summed E-state index contributed by atoms with van der Waals surface area (Å²) >= 11 is 0. The number of anilines is 1. The normalized spacial score (nSPS) is 19.2. The van der Waals surface area contributed by atoms with Crippen molar-refractivity contribution >= 4 is 29.5 Å². The van der Waals surface area contributed by atoms with E-state index in [-0.39, 0.29) is 42.3 Å². The highest BCUT2D eigenvalue weighted by atomic mass is 16.6. The number of allylic oxidation sites excluding steroid dienone is 1. The second-order valence-electron chi connectivity index (χ2n) is 7.36. The first-order valence-electron chi connectivity index (χ1n) is 10.5. The van der Waals surface area contributed by atoms with Gasteiger partial charge in [-0.3, -0.25) is 14.5 Å². The molecule has 2 aliphatic rings. The van der Waals surface area contributed by atoms with E-state index in [1.807, 2.05) is 0 Å². The number of esters is 3. The standard InChI is InChI=1S/C23H26N2O9/c1-5-32-21(28)18-19(24)34-13(2)17(20(27)33-11-10-30-3)23(18)14-8-6-7-9-15(14)25(22(23)29)12-16(26)31-4/h6-9H,5,10-12,24H2,1-4H3. The van der Waals surface area contributed by atoms with E-state index in [1.54, 1.807) is 31.2 Å². The maximum atomic E-state index is 14.1. The summed E-state index contributed by atoms with van der Waals surface area (Å²) < 4.78 is 25.7. The van der Waals surface area contributed by atoms with Crippen LogP contribution in [-0.2, 0) is 48.3 Å². The topological polar surface area (TPSA) is 144 Å². The molecule has 1 atom stereocenters. The second-order valence-corrected chi connectivity index (χ2v) is 7.36. The van der Waals surface area contributed by atoms with E-state index in [0.717, 1.165) is 4.90 Å². The van der Waals surface area contributed by atoms with Crippen molar-refractivity contribution in [3.63, 3.8) is 0 Å². The minimum atomic E-state index is -2.06. The minimum absolute atomic E-state index is 0.0241. The molecule has 2 aliphatic heterocycles. The smallest absolute Gasteiger partial charge is 0.341 e. The van der Waals surface area contributed by atoms with E-state index in [1.165, 1.54) is 21.1 Å². The first-order valence-corrected chi connectivity index (χ1v) is 10.5. The predicted molar refractivity (Wildman–Crippen MR) is 117 cm³/mol. The minimum Gasteiger partial charge on any atom is -0.468 e. The Morgan fingerprint density at radius 1 is 1.06 bits per heavy atom. The highest BCUT2D eigenvalue weighted by Gasteiger charge is 2.64. The lowest BCUT2D eigenvalue weighted by atomic mass is 9.67. The van der Waals surface area contributed by atoms with Crippen molar-refractivity contribution in [2.24, 2.45) is 5.73 Å². The molecule has 11 heteroatoms. The third-order valence-corrected chi connectivity index (χ3v) is 5.50. The van der Waals surface area contributed by atoms with Crippen molar-refractivity contribution in [3.8, 4) is 0 Å². The number of carbonyl (C=O) groups is 4. The molecule has 11 nitrogen and oxygen atoms in total. The van der Waals surface area contributed by atoms with Gasteiger partial charge < -0.3 is 29.4 Å². The van der Waals surface area contributed by atoms with Crippen LogP contribution in [0.15, 0.2) is 47.1 Å². The van der Waals surface area contributed by atoms with E-state index in [2.05, 4.69) is 0 Å². The van der Waals surface area contributed by atoms with E-state index in [4.69, 9.17) is 29.4 Å². The molecule has 1 aromatic rings. The van der Waals surface area contributed by atoms with Crippen LogP contribution in [0, 0.1) is 0 Å². The number of hydrogen-bond acceptors (Lipinski definition) is 10. The van der Waals surface area contributed by atoms with Gasteiger partial charge in [0.25, 0.3) is 0 Å². The van der Waals surface area contributed by atoms with Crippen LogP contribution >= 0.6 is 0 Å². The number of benzene rings is 1. The van der Waals surface area contributed by atoms with Crippen LogP contribution in [0.4, 0.5) is 5.69 Å². The monoisotopic (exact) mass is 474 g/mol. The predicted octanol–water partition coefficient (Wildman–Crippen LogP) is 0.671. The number of fused-ring (bicyclic) bond motifs is 2. The highest BCUT2D eigenvalue weighted by Crippen LogP contribution is 2.54. The molecule has 2 heterocycles. The fraction of sp³-hybridized carbons (Fsp3) is 0.391. The molecule has 182 valence electrons. The molecule has 0 saturated heterocycles. The van der Waals surface area contributed by atoms with Gasteiger partial charge in [0.2, 0.25) is 11.8 Å². The van der Waals surface area contributed by atoms with Gasteiger partial charge in [0, 0.05) is 18.4 Å². The second kappa shape index (κ2) is 9.96. The van der Waals surface area contributed by atoms with Crippen LogP contribution in [0.5, 0.6) is 0 Å². The van der Waals surface area contributed by atoms with E-state index in [9.17, 15) is 19.2 Å². The Morgan fingerprint density at radius 2 is 1.74 bits per heavy atom. The number of amides is 1. The molecular weight excluding hydrogens is 448 g/mol. The summed E-state index contributed by atoms with van der Waals surface area (Å²) in [6, 6.07) is 6.44. The summed E-state index contributed by atoms with van der Waals surface area (Å²) in [7, 11) is 2.62. The Labute approximate surface area is 196 Å². The van der Waals surface area contributed by atoms with Gasteiger partial charge in [0.1, 0.15) is 35.5 Å². The maximum Gasteiger partial charge on any atom is 0.341 e. The van der Waals surface area contributed by atoms with Crippen LogP contribution in [0.25, 0.3) is 0 Å². The van der Waals surface area contributed by atoms with Gasteiger partial charge in [0.05, 0.1) is 20.3 Å². The lowest BCUT2D eigenvalue weighted by Gasteiger charge is -2.36. The molecule has 2 N–H and O–H groups in total. The van der Waals surface area contributed by atoms with E-state index >= 15 is 0 Å². The Kier molecular flexibility index (Phi) is 7.26. The third kappa shape index (κ3) is 3.87. The number of nitrogens with zero attached hydrogens (tertiary/aromatic N) is 1. The maximum absolute atomic E-state index is 14.1. The molecule has 0 fully saturated rings. The van der Waals surface area contributed by atoms with Crippen LogP contribution in [0.1, 0.15) is 19.4 Å². The van der Waals surface area contributed by atoms with Crippen LogP contribution in [0.3, 0.4) is 0 Å². The fourth-order valence-corrected chi connectivity index (χ4v) is 4.17. The van der Waals surface area contributed by atoms with Gasteiger partial charge >= 0.3 is 17.9 Å². The third-order valence-electron chi connectivity index (χ3n) is 5.50. The van der Waals surface area contributed by atoms with Crippen molar-refractivity contribution in [1.82, 2.24) is 0 Å². The summed E-state index contributed by atoms with van der Waals surface area (Å²) in [4.78, 5) is 53.9. The van der Waals surface area contributed by atoms with Crippen LogP contribution in [0.2, 0.25) is 0 Å². The summed E-state index contributed by atoms with van der Waals surface area (Å²) in [5, 5.41) is 0. The number of rotatable bonds is 8. The van der Waals surface area contributed by atoms with Gasteiger partial charge in [-0.05, 0) is 19.9 Å². The quantitative estimate of drug-likeness (QED) is 0.324. The van der Waals surface area contributed by atoms with Gasteiger partial charge in [-0.15, -0.1) is 0 Å². The lowest BCUT2D eigenvalue weighted by molar-refractivity contribution is -0.144. The Hall–Kier alpha value is -3.86. The average Bonchev–Trinajstić information content (AvgIpc) is 3.02. The fourth-order valence-electron chi connectivity index (χ4n) is 4.17. The number of hydrogen-bond donors (Lipinski definition) is 1. The molecule has 0 bridgehead atoms. The zero-order chi connectivity index (χ0) is 25.0. The summed E-state index contributed by atoms with van der Waals surface area (Å²) in [6.45, 7) is 2.52. The molecule has 0 saturated carbocycles. The number of para-hydroxylation sites is 1. The first-order chi connectivity index (χ1) is 16.2. The Bertz CT molecular complexity index is 1090. The molecule has 3 rings (SSSR count). The summed E-state index contributed by atoms with van der Waals surface area (Å²) in [5.74, 6) is -3.76. The Balaban J connectivity index is 2.32. The number of carbonyl (C=O) groups excluding carboxylic acids is 4. The van der Waals surface area contributed by atoms with Gasteiger partial charge in [-0.2, -0.15) is 0 Å². The van der Waals surface area contributed by atoms with E-state index < -0.39 is 41.7 Å². The number of nitrogens with two attached hydrogens (primary N) is 1. The SMILES string of the molecule is CCOC(=O)C1=C(N)OC(C)=C(C(=O)OCCOC)C12C(=O)N(CC(=O)OC)c1ccccc12. The van der Waals surface area contributed by atoms with Crippen LogP contribution in [-0.4, -0.2) is 64.4 Å². The summed E-state index contributed by atoms with van der Waals surface area (Å²) in [5.41, 5.74) is 3.98. The molecule has 1 amide bonds. The van der Waals surface area contributed by atoms with Gasteiger partial charge in [-0.1, -0.05) is 18.2 Å². The van der Waals surface area contributed by atoms with Crippen molar-refractivity contribution in [2.45, 2.75) is 19.3 Å². The average molecular weight is 474 g/mol.